The molecule has 1 amide bonds. The second kappa shape index (κ2) is 10.1. The van der Waals surface area contributed by atoms with E-state index in [9.17, 15) is 4.79 Å². The zero-order chi connectivity index (χ0) is 17.4. The van der Waals surface area contributed by atoms with Gasteiger partial charge < -0.3 is 15.8 Å². The number of carbonyl (C=O) groups excluding carboxylic acids is 1. The second-order valence-corrected chi connectivity index (χ2v) is 6.01. The van der Waals surface area contributed by atoms with Crippen molar-refractivity contribution in [1.82, 2.24) is 5.32 Å². The van der Waals surface area contributed by atoms with Crippen LogP contribution in [0.25, 0.3) is 0 Å². The highest BCUT2D eigenvalue weighted by atomic mass is 35.5. The Morgan fingerprint density at radius 1 is 1.04 bits per heavy atom. The lowest BCUT2D eigenvalue weighted by Gasteiger charge is -2.28. The largest absolute Gasteiger partial charge is 0.476 e. The van der Waals surface area contributed by atoms with Crippen molar-refractivity contribution in [2.24, 2.45) is 5.73 Å². The van der Waals surface area contributed by atoms with Gasteiger partial charge in [-0.1, -0.05) is 62.4 Å². The zero-order valence-electron chi connectivity index (χ0n) is 14.8. The smallest absolute Gasteiger partial charge is 0.265 e. The molecule has 25 heavy (non-hydrogen) atoms. The molecule has 0 fully saturated rings. The Bertz CT molecular complexity index is 631. The van der Waals surface area contributed by atoms with Crippen molar-refractivity contribution in [1.29, 1.82) is 0 Å². The average molecular weight is 363 g/mol. The van der Waals surface area contributed by atoms with Crippen molar-refractivity contribution in [2.45, 2.75) is 38.3 Å². The third-order valence-electron chi connectivity index (χ3n) is 4.36. The fourth-order valence-corrected chi connectivity index (χ4v) is 2.39. The summed E-state index contributed by atoms with van der Waals surface area (Å²) in [6.07, 6.45) is 0.908. The monoisotopic (exact) mass is 362 g/mol. The molecule has 1 atom stereocenters. The molecule has 0 bridgehead atoms. The maximum Gasteiger partial charge on any atom is 0.265 e. The molecule has 0 aliphatic rings. The first kappa shape index (κ1) is 21.0. The lowest BCUT2D eigenvalue weighted by atomic mass is 9.94. The van der Waals surface area contributed by atoms with Crippen molar-refractivity contribution in [3.05, 3.63) is 66.2 Å². The third-order valence-corrected chi connectivity index (χ3v) is 4.36. The maximum atomic E-state index is 12.7. The van der Waals surface area contributed by atoms with E-state index < -0.39 is 6.10 Å². The summed E-state index contributed by atoms with van der Waals surface area (Å²) in [6.45, 7) is 4.50. The van der Waals surface area contributed by atoms with Gasteiger partial charge in [0, 0.05) is 17.6 Å². The number of rotatable bonds is 8. The summed E-state index contributed by atoms with van der Waals surface area (Å²) in [5, 5.41) is 2.95. The molecular weight excluding hydrogens is 336 g/mol. The number of hydrogen-bond acceptors (Lipinski definition) is 3. The van der Waals surface area contributed by atoms with Gasteiger partial charge in [0.25, 0.3) is 5.91 Å². The molecule has 0 saturated carbocycles. The van der Waals surface area contributed by atoms with Crippen LogP contribution in [0.2, 0.25) is 0 Å². The lowest BCUT2D eigenvalue weighted by molar-refractivity contribution is -0.128. The number of carbonyl (C=O) groups is 1. The number of para-hydroxylation sites is 1. The molecule has 5 heteroatoms. The summed E-state index contributed by atoms with van der Waals surface area (Å²) in [5.41, 5.74) is 6.71. The number of ether oxygens (including phenoxy) is 1. The molecule has 0 saturated heterocycles. The van der Waals surface area contributed by atoms with Gasteiger partial charge in [-0.05, 0) is 25.0 Å². The normalized spacial score (nSPS) is 12.0. The minimum absolute atomic E-state index is 0. The van der Waals surface area contributed by atoms with Gasteiger partial charge in [0.05, 0.1) is 0 Å². The van der Waals surface area contributed by atoms with Crippen molar-refractivity contribution in [2.75, 3.05) is 6.54 Å². The van der Waals surface area contributed by atoms with Crippen LogP contribution in [-0.4, -0.2) is 18.0 Å². The van der Waals surface area contributed by atoms with Gasteiger partial charge in [0.15, 0.2) is 0 Å². The molecule has 0 aliphatic carbocycles. The molecule has 4 nitrogen and oxygen atoms in total. The van der Waals surface area contributed by atoms with Crippen molar-refractivity contribution in [3.8, 4) is 5.75 Å². The van der Waals surface area contributed by atoms with E-state index in [0.717, 1.165) is 18.4 Å². The molecule has 0 heterocycles. The van der Waals surface area contributed by atoms with Crippen LogP contribution in [0.1, 0.15) is 38.4 Å². The number of halogens is 1. The first-order valence-corrected chi connectivity index (χ1v) is 8.41. The van der Waals surface area contributed by atoms with Crippen LogP contribution in [0, 0.1) is 0 Å². The van der Waals surface area contributed by atoms with Gasteiger partial charge in [-0.2, -0.15) is 0 Å². The van der Waals surface area contributed by atoms with Gasteiger partial charge in [-0.3, -0.25) is 4.79 Å². The molecule has 0 radical (unpaired) electrons. The minimum Gasteiger partial charge on any atom is -0.476 e. The number of nitrogens with two attached hydrogens (primary N) is 1. The highest BCUT2D eigenvalue weighted by Gasteiger charge is 2.26. The SMILES string of the molecule is CCC(N)(CC)CNC(=O)C(Oc1ccccc1)c1ccccc1.Cl. The van der Waals surface area contributed by atoms with E-state index in [-0.39, 0.29) is 23.9 Å². The van der Waals surface area contributed by atoms with E-state index in [1.54, 1.807) is 0 Å². The van der Waals surface area contributed by atoms with E-state index in [2.05, 4.69) is 5.32 Å². The number of amides is 1. The average Bonchev–Trinajstić information content (AvgIpc) is 2.65. The maximum absolute atomic E-state index is 12.7. The zero-order valence-corrected chi connectivity index (χ0v) is 15.6. The van der Waals surface area contributed by atoms with E-state index >= 15 is 0 Å². The van der Waals surface area contributed by atoms with Crippen LogP contribution in [0.15, 0.2) is 60.7 Å². The Morgan fingerprint density at radius 2 is 1.56 bits per heavy atom. The van der Waals surface area contributed by atoms with E-state index in [0.29, 0.717) is 12.3 Å². The van der Waals surface area contributed by atoms with Gasteiger partial charge in [-0.25, -0.2) is 0 Å². The standard InChI is InChI=1S/C20H26N2O2.ClH/c1-3-20(21,4-2)15-22-19(23)18(16-11-7-5-8-12-16)24-17-13-9-6-10-14-17;/h5-14,18H,3-4,15,21H2,1-2H3,(H,22,23);1H. The van der Waals surface area contributed by atoms with Crippen LogP contribution < -0.4 is 15.8 Å². The molecule has 0 aromatic heterocycles. The topological polar surface area (TPSA) is 64.3 Å². The van der Waals surface area contributed by atoms with Crippen LogP contribution in [0.4, 0.5) is 0 Å². The highest BCUT2D eigenvalue weighted by Crippen LogP contribution is 2.22. The molecule has 2 aromatic carbocycles. The number of hydrogen-bond donors (Lipinski definition) is 2. The highest BCUT2D eigenvalue weighted by molar-refractivity contribution is 5.85. The Hall–Kier alpha value is -2.04. The van der Waals surface area contributed by atoms with Crippen LogP contribution in [-0.2, 0) is 4.79 Å². The summed E-state index contributed by atoms with van der Waals surface area (Å²) in [7, 11) is 0. The van der Waals surface area contributed by atoms with Crippen molar-refractivity contribution >= 4 is 18.3 Å². The molecule has 3 N–H and O–H groups in total. The molecule has 2 rings (SSSR count). The van der Waals surface area contributed by atoms with Gasteiger partial charge >= 0.3 is 0 Å². The molecule has 136 valence electrons. The quantitative estimate of drug-likeness (QED) is 0.749. The number of nitrogens with one attached hydrogen (secondary N) is 1. The molecule has 1 unspecified atom stereocenters. The fourth-order valence-electron chi connectivity index (χ4n) is 2.39. The van der Waals surface area contributed by atoms with E-state index in [4.69, 9.17) is 10.5 Å². The Kier molecular flexibility index (Phi) is 8.46. The lowest BCUT2D eigenvalue weighted by Crippen LogP contribution is -2.50. The first-order chi connectivity index (χ1) is 11.6. The van der Waals surface area contributed by atoms with Crippen molar-refractivity contribution in [3.63, 3.8) is 0 Å². The predicted molar refractivity (Wildman–Crippen MR) is 104 cm³/mol. The van der Waals surface area contributed by atoms with Gasteiger partial charge in [0.1, 0.15) is 5.75 Å². The fraction of sp³-hybridized carbons (Fsp3) is 0.350. The molecule has 0 spiro atoms. The molecular formula is C20H27ClN2O2. The van der Waals surface area contributed by atoms with Gasteiger partial charge in [-0.15, -0.1) is 12.4 Å². The summed E-state index contributed by atoms with van der Waals surface area (Å²) in [4.78, 5) is 12.7. The van der Waals surface area contributed by atoms with Crippen LogP contribution in [0.3, 0.4) is 0 Å². The predicted octanol–water partition coefficient (Wildman–Crippen LogP) is 3.86. The first-order valence-electron chi connectivity index (χ1n) is 8.41. The Labute approximate surface area is 156 Å². The summed E-state index contributed by atoms with van der Waals surface area (Å²) < 4.78 is 5.94. The molecule has 0 aliphatic heterocycles. The van der Waals surface area contributed by atoms with E-state index in [1.165, 1.54) is 0 Å². The van der Waals surface area contributed by atoms with E-state index in [1.807, 2.05) is 74.5 Å². The summed E-state index contributed by atoms with van der Waals surface area (Å²) >= 11 is 0. The van der Waals surface area contributed by atoms with Crippen LogP contribution >= 0.6 is 12.4 Å². The Morgan fingerprint density at radius 3 is 2.08 bits per heavy atom. The van der Waals surface area contributed by atoms with Crippen molar-refractivity contribution < 1.29 is 9.53 Å². The van der Waals surface area contributed by atoms with Gasteiger partial charge in [0.2, 0.25) is 6.10 Å². The summed E-state index contributed by atoms with van der Waals surface area (Å²) in [6, 6.07) is 18.9. The minimum atomic E-state index is -0.702. The summed E-state index contributed by atoms with van der Waals surface area (Å²) in [5.74, 6) is 0.480. The Balaban J connectivity index is 0.00000312. The second-order valence-electron chi connectivity index (χ2n) is 6.01. The molecule has 2 aromatic rings. The van der Waals surface area contributed by atoms with Crippen LogP contribution in [0.5, 0.6) is 5.75 Å². The number of benzene rings is 2. The third kappa shape index (κ3) is 6.07.